The van der Waals surface area contributed by atoms with Gasteiger partial charge in [0, 0.05) is 30.9 Å². The van der Waals surface area contributed by atoms with E-state index < -0.39 is 9.84 Å². The lowest BCUT2D eigenvalue weighted by atomic mass is 10.1. The maximum Gasteiger partial charge on any atom is 0.225 e. The Hall–Kier alpha value is -2.54. The number of anilines is 2. The summed E-state index contributed by atoms with van der Waals surface area (Å²) in [5.74, 6) is -0.0829. The highest BCUT2D eigenvalue weighted by atomic mass is 32.2. The van der Waals surface area contributed by atoms with Gasteiger partial charge in [0.05, 0.1) is 17.3 Å². The lowest BCUT2D eigenvalue weighted by Crippen LogP contribution is -2.22. The molecule has 158 valence electrons. The molecule has 0 aliphatic carbocycles. The lowest BCUT2D eigenvalue weighted by Gasteiger charge is -2.22. The molecule has 1 amide bonds. The van der Waals surface area contributed by atoms with Gasteiger partial charge in [-0.15, -0.1) is 0 Å². The summed E-state index contributed by atoms with van der Waals surface area (Å²) in [5, 5.41) is 2.82. The molecular formula is C22H30N2O4S. The molecule has 1 N–H and O–H groups in total. The van der Waals surface area contributed by atoms with Crippen LogP contribution in [0.5, 0.6) is 5.75 Å². The molecule has 0 unspecified atom stereocenters. The zero-order valence-electron chi connectivity index (χ0n) is 17.6. The molecular weight excluding hydrogens is 388 g/mol. The second kappa shape index (κ2) is 10.3. The fraction of sp³-hybridized carbons (Fsp3) is 0.409. The van der Waals surface area contributed by atoms with E-state index >= 15 is 0 Å². The van der Waals surface area contributed by atoms with Crippen molar-refractivity contribution in [3.05, 3.63) is 48.0 Å². The van der Waals surface area contributed by atoms with Gasteiger partial charge in [-0.1, -0.05) is 6.07 Å². The Balaban J connectivity index is 2.01. The standard InChI is InChI=1S/C22H30N2O4S/c1-5-24(6-2)18-11-12-21(17(4)15-18)23-22(25)13-14-29(26,27)20-10-8-9-19(16-20)28-7-3/h8-12,15-16H,5-7,13-14H2,1-4H3,(H,23,25). The topological polar surface area (TPSA) is 75.7 Å². The van der Waals surface area contributed by atoms with E-state index in [0.717, 1.165) is 24.3 Å². The Morgan fingerprint density at radius 3 is 2.41 bits per heavy atom. The van der Waals surface area contributed by atoms with Crippen molar-refractivity contribution in [2.24, 2.45) is 0 Å². The Labute approximate surface area is 173 Å². The third kappa shape index (κ3) is 6.22. The van der Waals surface area contributed by atoms with E-state index in [-0.39, 0.29) is 23.0 Å². The van der Waals surface area contributed by atoms with Crippen LogP contribution in [0.2, 0.25) is 0 Å². The number of hydrogen-bond donors (Lipinski definition) is 1. The molecule has 0 bridgehead atoms. The van der Waals surface area contributed by atoms with Crippen LogP contribution in [0.1, 0.15) is 32.8 Å². The first kappa shape index (κ1) is 22.7. The number of hydrogen-bond acceptors (Lipinski definition) is 5. The molecule has 0 saturated heterocycles. The average Bonchev–Trinajstić information content (AvgIpc) is 2.70. The number of aryl methyl sites for hydroxylation is 1. The molecule has 0 aliphatic rings. The summed E-state index contributed by atoms with van der Waals surface area (Å²) in [6, 6.07) is 12.2. The summed E-state index contributed by atoms with van der Waals surface area (Å²) in [6.07, 6.45) is -0.113. The fourth-order valence-electron chi connectivity index (χ4n) is 3.06. The third-order valence-corrected chi connectivity index (χ3v) is 6.40. The van der Waals surface area contributed by atoms with Crippen LogP contribution in [-0.2, 0) is 14.6 Å². The Kier molecular flexibility index (Phi) is 8.08. The van der Waals surface area contributed by atoms with Gasteiger partial charge in [0.15, 0.2) is 9.84 Å². The third-order valence-electron chi connectivity index (χ3n) is 4.69. The summed E-state index contributed by atoms with van der Waals surface area (Å²) in [4.78, 5) is 14.7. The molecule has 0 saturated carbocycles. The first-order valence-electron chi connectivity index (χ1n) is 9.91. The van der Waals surface area contributed by atoms with Crippen molar-refractivity contribution in [2.75, 3.05) is 35.7 Å². The predicted molar refractivity (Wildman–Crippen MR) is 118 cm³/mol. The van der Waals surface area contributed by atoms with Crippen LogP contribution < -0.4 is 15.0 Å². The minimum Gasteiger partial charge on any atom is -0.494 e. The number of sulfone groups is 1. The number of rotatable bonds is 10. The minimum absolute atomic E-state index is 0.113. The monoisotopic (exact) mass is 418 g/mol. The number of carbonyl (C=O) groups excluding carboxylic acids is 1. The van der Waals surface area contributed by atoms with E-state index in [1.165, 1.54) is 12.1 Å². The quantitative estimate of drug-likeness (QED) is 0.630. The Morgan fingerprint density at radius 1 is 1.07 bits per heavy atom. The smallest absolute Gasteiger partial charge is 0.225 e. The summed E-state index contributed by atoms with van der Waals surface area (Å²) in [7, 11) is -3.57. The van der Waals surface area contributed by atoms with Crippen molar-refractivity contribution in [1.29, 1.82) is 0 Å². The van der Waals surface area contributed by atoms with Crippen molar-refractivity contribution in [3.8, 4) is 5.75 Å². The Morgan fingerprint density at radius 2 is 1.79 bits per heavy atom. The summed E-state index contributed by atoms with van der Waals surface area (Å²) >= 11 is 0. The molecule has 0 atom stereocenters. The van der Waals surface area contributed by atoms with E-state index in [0.29, 0.717) is 18.0 Å². The minimum atomic E-state index is -3.57. The van der Waals surface area contributed by atoms with Gasteiger partial charge in [-0.3, -0.25) is 4.79 Å². The molecule has 0 heterocycles. The van der Waals surface area contributed by atoms with Gasteiger partial charge in [0.2, 0.25) is 5.91 Å². The van der Waals surface area contributed by atoms with Crippen LogP contribution >= 0.6 is 0 Å². The molecule has 0 radical (unpaired) electrons. The van der Waals surface area contributed by atoms with Crippen LogP contribution in [0.25, 0.3) is 0 Å². The van der Waals surface area contributed by atoms with Crippen molar-refractivity contribution < 1.29 is 17.9 Å². The lowest BCUT2D eigenvalue weighted by molar-refractivity contribution is -0.115. The highest BCUT2D eigenvalue weighted by Crippen LogP contribution is 2.23. The van der Waals surface area contributed by atoms with Crippen molar-refractivity contribution in [2.45, 2.75) is 39.0 Å². The van der Waals surface area contributed by atoms with E-state index in [9.17, 15) is 13.2 Å². The van der Waals surface area contributed by atoms with Crippen molar-refractivity contribution >= 4 is 27.1 Å². The van der Waals surface area contributed by atoms with Gasteiger partial charge < -0.3 is 15.0 Å². The first-order chi connectivity index (χ1) is 13.8. The largest absolute Gasteiger partial charge is 0.494 e. The maximum absolute atomic E-state index is 12.6. The number of carbonyl (C=O) groups is 1. The zero-order chi connectivity index (χ0) is 21.4. The van der Waals surface area contributed by atoms with Gasteiger partial charge in [0.25, 0.3) is 0 Å². The van der Waals surface area contributed by atoms with E-state index in [1.54, 1.807) is 12.1 Å². The first-order valence-corrected chi connectivity index (χ1v) is 11.6. The van der Waals surface area contributed by atoms with Gasteiger partial charge in [-0.25, -0.2) is 8.42 Å². The summed E-state index contributed by atoms with van der Waals surface area (Å²) in [5.41, 5.74) is 2.74. The molecule has 0 fully saturated rings. The van der Waals surface area contributed by atoms with Crippen LogP contribution in [0, 0.1) is 6.92 Å². The normalized spacial score (nSPS) is 11.2. The van der Waals surface area contributed by atoms with Crippen LogP contribution in [-0.4, -0.2) is 39.8 Å². The molecule has 29 heavy (non-hydrogen) atoms. The highest BCUT2D eigenvalue weighted by Gasteiger charge is 2.18. The van der Waals surface area contributed by atoms with Crippen LogP contribution in [0.3, 0.4) is 0 Å². The van der Waals surface area contributed by atoms with Gasteiger partial charge in [-0.05, 0) is 69.7 Å². The molecule has 0 aliphatic heterocycles. The van der Waals surface area contributed by atoms with Crippen LogP contribution in [0.4, 0.5) is 11.4 Å². The molecule has 0 spiro atoms. The molecule has 2 aromatic carbocycles. The number of ether oxygens (including phenoxy) is 1. The summed E-state index contributed by atoms with van der Waals surface area (Å²) in [6.45, 7) is 10.2. The van der Waals surface area contributed by atoms with Crippen LogP contribution in [0.15, 0.2) is 47.4 Å². The molecule has 7 heteroatoms. The van der Waals surface area contributed by atoms with Gasteiger partial charge in [-0.2, -0.15) is 0 Å². The molecule has 6 nitrogen and oxygen atoms in total. The van der Waals surface area contributed by atoms with E-state index in [1.807, 2.05) is 32.0 Å². The predicted octanol–water partition coefficient (Wildman–Crippen LogP) is 4.04. The summed E-state index contributed by atoms with van der Waals surface area (Å²) < 4.78 is 30.5. The highest BCUT2D eigenvalue weighted by molar-refractivity contribution is 7.91. The number of benzene rings is 2. The van der Waals surface area contributed by atoms with Crippen molar-refractivity contribution in [1.82, 2.24) is 0 Å². The Bertz CT molecular complexity index is 938. The number of nitrogens with one attached hydrogen (secondary N) is 1. The van der Waals surface area contributed by atoms with Crippen molar-refractivity contribution in [3.63, 3.8) is 0 Å². The van der Waals surface area contributed by atoms with Gasteiger partial charge in [0.1, 0.15) is 5.75 Å². The van der Waals surface area contributed by atoms with Gasteiger partial charge >= 0.3 is 0 Å². The molecule has 2 aromatic rings. The second-order valence-electron chi connectivity index (χ2n) is 6.70. The van der Waals surface area contributed by atoms with E-state index in [2.05, 4.69) is 24.1 Å². The molecule has 0 aromatic heterocycles. The molecule has 2 rings (SSSR count). The second-order valence-corrected chi connectivity index (χ2v) is 8.81. The number of amides is 1. The SMILES string of the molecule is CCOc1cccc(S(=O)(=O)CCC(=O)Nc2ccc(N(CC)CC)cc2C)c1. The maximum atomic E-state index is 12.6. The zero-order valence-corrected chi connectivity index (χ0v) is 18.4. The van der Waals surface area contributed by atoms with E-state index in [4.69, 9.17) is 4.74 Å². The average molecular weight is 419 g/mol. The number of nitrogens with zero attached hydrogens (tertiary/aromatic N) is 1. The fourth-order valence-corrected chi connectivity index (χ4v) is 4.33.